The maximum absolute atomic E-state index is 13.4. The molecular weight excluding hydrogens is 328 g/mol. The van der Waals surface area contributed by atoms with Crippen LogP contribution in [-0.2, 0) is 4.74 Å². The zero-order valence-corrected chi connectivity index (χ0v) is 14.0. The zero-order valence-electron chi connectivity index (χ0n) is 14.0. The summed E-state index contributed by atoms with van der Waals surface area (Å²) in [6, 6.07) is 11.1. The van der Waals surface area contributed by atoms with Crippen LogP contribution in [0.15, 0.2) is 42.5 Å². The molecule has 1 heterocycles. The number of ether oxygens (including phenoxy) is 2. The van der Waals surface area contributed by atoms with Gasteiger partial charge in [-0.15, -0.1) is 0 Å². The van der Waals surface area contributed by atoms with Crippen LogP contribution >= 0.6 is 0 Å². The fourth-order valence-electron chi connectivity index (χ4n) is 2.98. The summed E-state index contributed by atoms with van der Waals surface area (Å²) in [6.07, 6.45) is -1.01. The standard InChI is InChI=1S/C19H21F2NO3/c1-24-15-4-2-3-13(9-15)18(23)11-22-7-8-25-19(12-22)14-5-6-16(20)17(21)10-14/h2-6,9-10,18-19,23H,7-8,11-12H2,1H3. The Hall–Kier alpha value is -2.02. The van der Waals surface area contributed by atoms with Gasteiger partial charge in [0, 0.05) is 19.6 Å². The molecule has 0 saturated carbocycles. The fraction of sp³-hybridized carbons (Fsp3) is 0.368. The maximum atomic E-state index is 13.4. The summed E-state index contributed by atoms with van der Waals surface area (Å²) in [5.41, 5.74) is 1.37. The van der Waals surface area contributed by atoms with Crippen molar-refractivity contribution in [3.05, 3.63) is 65.2 Å². The molecule has 0 aromatic heterocycles. The van der Waals surface area contributed by atoms with Gasteiger partial charge < -0.3 is 14.6 Å². The normalized spacial score (nSPS) is 19.6. The number of aliphatic hydroxyl groups excluding tert-OH is 1. The number of aliphatic hydroxyl groups is 1. The second kappa shape index (κ2) is 7.91. The highest BCUT2D eigenvalue weighted by molar-refractivity contribution is 5.30. The number of hydrogen-bond donors (Lipinski definition) is 1. The van der Waals surface area contributed by atoms with E-state index in [2.05, 4.69) is 4.90 Å². The van der Waals surface area contributed by atoms with Gasteiger partial charge in [0.05, 0.1) is 25.9 Å². The number of halogens is 2. The largest absolute Gasteiger partial charge is 0.497 e. The summed E-state index contributed by atoms with van der Waals surface area (Å²) in [5.74, 6) is -1.06. The van der Waals surface area contributed by atoms with Crippen LogP contribution in [0.5, 0.6) is 5.75 Å². The van der Waals surface area contributed by atoms with E-state index < -0.39 is 17.7 Å². The van der Waals surface area contributed by atoms with Crippen molar-refractivity contribution < 1.29 is 23.4 Å². The Bertz CT molecular complexity index is 726. The number of morpholine rings is 1. The Balaban J connectivity index is 1.65. The molecule has 1 aliphatic heterocycles. The Morgan fingerprint density at radius 1 is 1.24 bits per heavy atom. The molecule has 2 aromatic rings. The molecule has 2 unspecified atom stereocenters. The summed E-state index contributed by atoms with van der Waals surface area (Å²) in [5, 5.41) is 10.5. The van der Waals surface area contributed by atoms with Gasteiger partial charge in [-0.2, -0.15) is 0 Å². The topological polar surface area (TPSA) is 41.9 Å². The molecule has 2 aromatic carbocycles. The Morgan fingerprint density at radius 2 is 2.08 bits per heavy atom. The van der Waals surface area contributed by atoms with Gasteiger partial charge in [0.25, 0.3) is 0 Å². The third-order valence-corrected chi connectivity index (χ3v) is 4.38. The third-order valence-electron chi connectivity index (χ3n) is 4.38. The number of benzene rings is 2. The van der Waals surface area contributed by atoms with E-state index in [0.717, 1.165) is 11.6 Å². The molecule has 0 bridgehead atoms. The van der Waals surface area contributed by atoms with Gasteiger partial charge in [-0.1, -0.05) is 18.2 Å². The molecule has 0 radical (unpaired) electrons. The number of hydrogen-bond acceptors (Lipinski definition) is 4. The van der Waals surface area contributed by atoms with Crippen molar-refractivity contribution in [1.29, 1.82) is 0 Å². The average molecular weight is 349 g/mol. The van der Waals surface area contributed by atoms with Gasteiger partial charge in [-0.3, -0.25) is 4.90 Å². The Morgan fingerprint density at radius 3 is 2.84 bits per heavy atom. The molecule has 3 rings (SSSR count). The lowest BCUT2D eigenvalue weighted by Crippen LogP contribution is -2.40. The molecule has 0 amide bonds. The van der Waals surface area contributed by atoms with E-state index in [4.69, 9.17) is 9.47 Å². The van der Waals surface area contributed by atoms with Crippen molar-refractivity contribution >= 4 is 0 Å². The van der Waals surface area contributed by atoms with Gasteiger partial charge in [0.1, 0.15) is 5.75 Å². The lowest BCUT2D eigenvalue weighted by Gasteiger charge is -2.34. The highest BCUT2D eigenvalue weighted by Crippen LogP contribution is 2.26. The van der Waals surface area contributed by atoms with Crippen molar-refractivity contribution in [2.24, 2.45) is 0 Å². The van der Waals surface area contributed by atoms with Gasteiger partial charge in [-0.05, 0) is 35.4 Å². The van der Waals surface area contributed by atoms with Crippen LogP contribution in [0.3, 0.4) is 0 Å². The van der Waals surface area contributed by atoms with Crippen LogP contribution in [0, 0.1) is 11.6 Å². The molecule has 4 nitrogen and oxygen atoms in total. The predicted molar refractivity (Wildman–Crippen MR) is 89.4 cm³/mol. The smallest absolute Gasteiger partial charge is 0.159 e. The van der Waals surface area contributed by atoms with Crippen LogP contribution in [0.4, 0.5) is 8.78 Å². The first-order valence-electron chi connectivity index (χ1n) is 8.17. The summed E-state index contributed by atoms with van der Waals surface area (Å²) in [7, 11) is 1.58. The Labute approximate surface area is 145 Å². The van der Waals surface area contributed by atoms with Crippen molar-refractivity contribution in [2.75, 3.05) is 33.4 Å². The van der Waals surface area contributed by atoms with E-state index in [9.17, 15) is 13.9 Å². The van der Waals surface area contributed by atoms with Crippen molar-refractivity contribution in [1.82, 2.24) is 4.90 Å². The van der Waals surface area contributed by atoms with Crippen LogP contribution in [0.25, 0.3) is 0 Å². The first-order chi connectivity index (χ1) is 12.1. The minimum Gasteiger partial charge on any atom is -0.497 e. The lowest BCUT2D eigenvalue weighted by atomic mass is 10.1. The number of methoxy groups -OCH3 is 1. The minimum atomic E-state index is -0.880. The first kappa shape index (κ1) is 17.8. The van der Waals surface area contributed by atoms with Crippen molar-refractivity contribution in [3.8, 4) is 5.75 Å². The summed E-state index contributed by atoms with van der Waals surface area (Å²) < 4.78 is 37.4. The molecule has 1 aliphatic rings. The van der Waals surface area contributed by atoms with Crippen LogP contribution < -0.4 is 4.74 Å². The molecule has 0 aliphatic carbocycles. The maximum Gasteiger partial charge on any atom is 0.159 e. The highest BCUT2D eigenvalue weighted by atomic mass is 19.2. The fourth-order valence-corrected chi connectivity index (χ4v) is 2.98. The molecule has 134 valence electrons. The molecular formula is C19H21F2NO3. The van der Waals surface area contributed by atoms with Gasteiger partial charge in [0.15, 0.2) is 11.6 Å². The van der Waals surface area contributed by atoms with E-state index in [1.807, 2.05) is 18.2 Å². The quantitative estimate of drug-likeness (QED) is 0.901. The summed E-state index contributed by atoms with van der Waals surface area (Å²) in [6.45, 7) is 2.07. The van der Waals surface area contributed by atoms with Crippen LogP contribution in [0.2, 0.25) is 0 Å². The number of nitrogens with zero attached hydrogens (tertiary/aromatic N) is 1. The van der Waals surface area contributed by atoms with Gasteiger partial charge in [0.2, 0.25) is 0 Å². The highest BCUT2D eigenvalue weighted by Gasteiger charge is 2.25. The van der Waals surface area contributed by atoms with Crippen LogP contribution in [0.1, 0.15) is 23.3 Å². The SMILES string of the molecule is COc1cccc(C(O)CN2CCOC(c3ccc(F)c(F)c3)C2)c1. The second-order valence-corrected chi connectivity index (χ2v) is 6.08. The summed E-state index contributed by atoms with van der Waals surface area (Å²) >= 11 is 0. The van der Waals surface area contributed by atoms with E-state index in [0.29, 0.717) is 37.6 Å². The summed E-state index contributed by atoms with van der Waals surface area (Å²) in [4.78, 5) is 2.06. The van der Waals surface area contributed by atoms with E-state index in [-0.39, 0.29) is 6.10 Å². The van der Waals surface area contributed by atoms with Crippen molar-refractivity contribution in [3.63, 3.8) is 0 Å². The zero-order chi connectivity index (χ0) is 17.8. The predicted octanol–water partition coefficient (Wildman–Crippen LogP) is 3.08. The molecule has 2 atom stereocenters. The van der Waals surface area contributed by atoms with Crippen molar-refractivity contribution in [2.45, 2.75) is 12.2 Å². The number of rotatable bonds is 5. The average Bonchev–Trinajstić information content (AvgIpc) is 2.64. The molecule has 0 spiro atoms. The van der Waals surface area contributed by atoms with E-state index >= 15 is 0 Å². The molecule has 25 heavy (non-hydrogen) atoms. The monoisotopic (exact) mass is 349 g/mol. The van der Waals surface area contributed by atoms with Gasteiger partial charge in [-0.25, -0.2) is 8.78 Å². The van der Waals surface area contributed by atoms with E-state index in [1.165, 1.54) is 12.1 Å². The molecule has 1 saturated heterocycles. The molecule has 6 heteroatoms. The lowest BCUT2D eigenvalue weighted by molar-refractivity contribution is -0.0425. The number of β-amino-alcohol motifs (C(OH)–C–C–N with tert-alkyl or cyclic N) is 1. The van der Waals surface area contributed by atoms with E-state index in [1.54, 1.807) is 13.2 Å². The Kier molecular flexibility index (Phi) is 5.63. The third kappa shape index (κ3) is 4.34. The second-order valence-electron chi connectivity index (χ2n) is 6.08. The van der Waals surface area contributed by atoms with Gasteiger partial charge >= 0.3 is 0 Å². The molecule has 1 fully saturated rings. The molecule has 1 N–H and O–H groups in total. The minimum absolute atomic E-state index is 0.346. The first-order valence-corrected chi connectivity index (χ1v) is 8.17. The van der Waals surface area contributed by atoms with Crippen LogP contribution in [-0.4, -0.2) is 43.4 Å².